The molecule has 1 atom stereocenters. The van der Waals surface area contributed by atoms with Gasteiger partial charge in [-0.25, -0.2) is 0 Å². The highest BCUT2D eigenvalue weighted by Crippen LogP contribution is 2.29. The second-order valence-electron chi connectivity index (χ2n) is 7.36. The minimum Gasteiger partial charge on any atom is -0.455 e. The SMILES string of the molecule is Cc1ccc(C)c(NC(=O)COC(=O)[C@@H]2CC(=O)N(C3CCCC3)C2)c1. The molecular weight excluding hydrogens is 332 g/mol. The number of aryl methyl sites for hydroxylation is 2. The molecule has 2 fully saturated rings. The van der Waals surface area contributed by atoms with Crippen LogP contribution in [0.3, 0.4) is 0 Å². The second kappa shape index (κ2) is 7.89. The molecule has 0 unspecified atom stereocenters. The average molecular weight is 358 g/mol. The van der Waals surface area contributed by atoms with Gasteiger partial charge in [-0.05, 0) is 43.9 Å². The Morgan fingerprint density at radius 1 is 1.23 bits per heavy atom. The molecule has 0 aromatic heterocycles. The van der Waals surface area contributed by atoms with Crippen LogP contribution < -0.4 is 5.32 Å². The van der Waals surface area contributed by atoms with Gasteiger partial charge >= 0.3 is 5.97 Å². The third-order valence-electron chi connectivity index (χ3n) is 5.27. The normalized spacial score (nSPS) is 20.5. The van der Waals surface area contributed by atoms with Crippen molar-refractivity contribution >= 4 is 23.5 Å². The molecular formula is C20H26N2O4. The Balaban J connectivity index is 1.48. The number of benzene rings is 1. The molecule has 1 saturated heterocycles. The molecule has 26 heavy (non-hydrogen) atoms. The van der Waals surface area contributed by atoms with Crippen LogP contribution in [0.25, 0.3) is 0 Å². The lowest BCUT2D eigenvalue weighted by molar-refractivity contribution is -0.151. The second-order valence-corrected chi connectivity index (χ2v) is 7.36. The first-order valence-electron chi connectivity index (χ1n) is 9.27. The minimum atomic E-state index is -0.463. The molecule has 0 spiro atoms. The molecule has 140 valence electrons. The zero-order chi connectivity index (χ0) is 18.7. The molecule has 1 aromatic rings. The third-order valence-corrected chi connectivity index (χ3v) is 5.27. The van der Waals surface area contributed by atoms with E-state index in [0.29, 0.717) is 6.54 Å². The molecule has 6 heteroatoms. The van der Waals surface area contributed by atoms with Crippen molar-refractivity contribution < 1.29 is 19.1 Å². The number of likely N-dealkylation sites (tertiary alicyclic amines) is 1. The summed E-state index contributed by atoms with van der Waals surface area (Å²) >= 11 is 0. The Labute approximate surface area is 153 Å². The molecule has 3 rings (SSSR count). The molecule has 1 heterocycles. The topological polar surface area (TPSA) is 75.7 Å². The minimum absolute atomic E-state index is 0.0266. The fourth-order valence-corrected chi connectivity index (χ4v) is 3.77. The van der Waals surface area contributed by atoms with Crippen molar-refractivity contribution in [1.29, 1.82) is 0 Å². The molecule has 2 amide bonds. The van der Waals surface area contributed by atoms with E-state index in [-0.39, 0.29) is 30.9 Å². The number of nitrogens with zero attached hydrogens (tertiary/aromatic N) is 1. The van der Waals surface area contributed by atoms with Crippen LogP contribution in [-0.2, 0) is 19.1 Å². The molecule has 6 nitrogen and oxygen atoms in total. The third kappa shape index (κ3) is 4.23. The highest BCUT2D eigenvalue weighted by molar-refractivity contribution is 5.94. The van der Waals surface area contributed by atoms with Crippen molar-refractivity contribution in [1.82, 2.24) is 4.90 Å². The Morgan fingerprint density at radius 3 is 2.69 bits per heavy atom. The Bertz CT molecular complexity index is 710. The van der Waals surface area contributed by atoms with Crippen LogP contribution in [0, 0.1) is 19.8 Å². The predicted molar refractivity (Wildman–Crippen MR) is 97.6 cm³/mol. The van der Waals surface area contributed by atoms with Crippen LogP contribution in [0.15, 0.2) is 18.2 Å². The fourth-order valence-electron chi connectivity index (χ4n) is 3.77. The number of rotatable bonds is 5. The van der Waals surface area contributed by atoms with Crippen molar-refractivity contribution in [3.8, 4) is 0 Å². The number of nitrogens with one attached hydrogen (secondary N) is 1. The first-order valence-corrected chi connectivity index (χ1v) is 9.27. The number of amides is 2. The van der Waals surface area contributed by atoms with E-state index < -0.39 is 11.9 Å². The zero-order valence-electron chi connectivity index (χ0n) is 15.4. The van der Waals surface area contributed by atoms with Crippen LogP contribution in [0.2, 0.25) is 0 Å². The largest absolute Gasteiger partial charge is 0.455 e. The van der Waals surface area contributed by atoms with Crippen molar-refractivity contribution in [2.45, 2.75) is 52.0 Å². The Hall–Kier alpha value is -2.37. The lowest BCUT2D eigenvalue weighted by Gasteiger charge is -2.23. The van der Waals surface area contributed by atoms with Gasteiger partial charge in [-0.3, -0.25) is 14.4 Å². The smallest absolute Gasteiger partial charge is 0.311 e. The summed E-state index contributed by atoms with van der Waals surface area (Å²) in [5, 5.41) is 2.77. The van der Waals surface area contributed by atoms with Gasteiger partial charge in [-0.2, -0.15) is 0 Å². The van der Waals surface area contributed by atoms with E-state index in [9.17, 15) is 14.4 Å². The molecule has 1 aliphatic heterocycles. The highest BCUT2D eigenvalue weighted by atomic mass is 16.5. The van der Waals surface area contributed by atoms with E-state index >= 15 is 0 Å². The number of hydrogen-bond donors (Lipinski definition) is 1. The van der Waals surface area contributed by atoms with Gasteiger partial charge in [0.1, 0.15) is 0 Å². The van der Waals surface area contributed by atoms with Crippen molar-refractivity contribution in [3.63, 3.8) is 0 Å². The van der Waals surface area contributed by atoms with Crippen LogP contribution in [0.4, 0.5) is 5.69 Å². The van der Waals surface area contributed by atoms with Gasteiger partial charge in [0.15, 0.2) is 6.61 Å². The number of ether oxygens (including phenoxy) is 1. The molecule has 0 radical (unpaired) electrons. The molecule has 1 aliphatic carbocycles. The van der Waals surface area contributed by atoms with Gasteiger partial charge in [0.25, 0.3) is 5.91 Å². The monoisotopic (exact) mass is 358 g/mol. The van der Waals surface area contributed by atoms with Crippen molar-refractivity contribution in [3.05, 3.63) is 29.3 Å². The van der Waals surface area contributed by atoms with Crippen LogP contribution in [0.1, 0.15) is 43.2 Å². The van der Waals surface area contributed by atoms with Gasteiger partial charge in [0.05, 0.1) is 5.92 Å². The summed E-state index contributed by atoms with van der Waals surface area (Å²) in [6.45, 7) is 3.94. The van der Waals surface area contributed by atoms with Crippen LogP contribution in [-0.4, -0.2) is 41.9 Å². The molecule has 2 aliphatic rings. The molecule has 1 N–H and O–H groups in total. The van der Waals surface area contributed by atoms with E-state index in [1.165, 1.54) is 0 Å². The highest BCUT2D eigenvalue weighted by Gasteiger charge is 2.39. The number of hydrogen-bond acceptors (Lipinski definition) is 4. The molecule has 1 saturated carbocycles. The van der Waals surface area contributed by atoms with Gasteiger partial charge < -0.3 is 15.0 Å². The summed E-state index contributed by atoms with van der Waals surface area (Å²) < 4.78 is 5.16. The maximum Gasteiger partial charge on any atom is 0.311 e. The van der Waals surface area contributed by atoms with Crippen LogP contribution in [0.5, 0.6) is 0 Å². The van der Waals surface area contributed by atoms with E-state index in [0.717, 1.165) is 42.5 Å². The summed E-state index contributed by atoms with van der Waals surface area (Å²) in [5.41, 5.74) is 2.71. The Kier molecular flexibility index (Phi) is 5.59. The van der Waals surface area contributed by atoms with E-state index in [1.807, 2.05) is 36.9 Å². The summed E-state index contributed by atoms with van der Waals surface area (Å²) in [6.07, 6.45) is 4.51. The van der Waals surface area contributed by atoms with Gasteiger partial charge in [-0.15, -0.1) is 0 Å². The first kappa shape index (κ1) is 18.4. The van der Waals surface area contributed by atoms with Gasteiger partial charge in [0, 0.05) is 24.7 Å². The van der Waals surface area contributed by atoms with Crippen molar-refractivity contribution in [2.75, 3.05) is 18.5 Å². The summed E-state index contributed by atoms with van der Waals surface area (Å²) in [6, 6.07) is 6.05. The standard InChI is InChI=1S/C20H26N2O4/c1-13-7-8-14(2)17(9-13)21-18(23)12-26-20(25)15-10-19(24)22(11-15)16-5-3-4-6-16/h7-9,15-16H,3-6,10-12H2,1-2H3,(H,21,23)/t15-/m1/s1. The van der Waals surface area contributed by atoms with E-state index in [1.54, 1.807) is 0 Å². The van der Waals surface area contributed by atoms with Crippen molar-refractivity contribution in [2.24, 2.45) is 5.92 Å². The average Bonchev–Trinajstić information content (AvgIpc) is 3.25. The summed E-state index contributed by atoms with van der Waals surface area (Å²) in [5.74, 6) is -1.27. The number of carbonyl (C=O) groups is 3. The van der Waals surface area contributed by atoms with E-state index in [2.05, 4.69) is 5.32 Å². The summed E-state index contributed by atoms with van der Waals surface area (Å²) in [4.78, 5) is 38.3. The quantitative estimate of drug-likeness (QED) is 0.821. The number of esters is 1. The van der Waals surface area contributed by atoms with Gasteiger partial charge in [0.2, 0.25) is 5.91 Å². The number of carbonyl (C=O) groups excluding carboxylic acids is 3. The number of anilines is 1. The predicted octanol–water partition coefficient (Wildman–Crippen LogP) is 2.58. The first-order chi connectivity index (χ1) is 12.4. The molecule has 1 aromatic carbocycles. The van der Waals surface area contributed by atoms with Gasteiger partial charge in [-0.1, -0.05) is 25.0 Å². The Morgan fingerprint density at radius 2 is 1.96 bits per heavy atom. The van der Waals surface area contributed by atoms with Crippen LogP contribution >= 0.6 is 0 Å². The maximum absolute atomic E-state index is 12.2. The zero-order valence-corrected chi connectivity index (χ0v) is 15.4. The summed E-state index contributed by atoms with van der Waals surface area (Å²) in [7, 11) is 0. The lowest BCUT2D eigenvalue weighted by atomic mass is 10.1. The maximum atomic E-state index is 12.2. The lowest BCUT2D eigenvalue weighted by Crippen LogP contribution is -2.35. The molecule has 0 bridgehead atoms. The van der Waals surface area contributed by atoms with E-state index in [4.69, 9.17) is 4.74 Å². The fraction of sp³-hybridized carbons (Fsp3) is 0.550.